The highest BCUT2D eigenvalue weighted by molar-refractivity contribution is 6.18. The van der Waals surface area contributed by atoms with Gasteiger partial charge in [0.1, 0.15) is 0 Å². The van der Waals surface area contributed by atoms with Gasteiger partial charge in [0.25, 0.3) is 11.8 Å². The number of amides is 2. The third kappa shape index (κ3) is 2.21. The summed E-state index contributed by atoms with van der Waals surface area (Å²) in [6.45, 7) is 4.05. The third-order valence-electron chi connectivity index (χ3n) is 4.41. The maximum absolute atomic E-state index is 12.0. The van der Waals surface area contributed by atoms with Crippen LogP contribution in [0.2, 0.25) is 0 Å². The Morgan fingerprint density at radius 1 is 1.06 bits per heavy atom. The van der Waals surface area contributed by atoms with Crippen LogP contribution in [-0.2, 0) is 9.59 Å². The summed E-state index contributed by atoms with van der Waals surface area (Å²) in [5, 5.41) is 9.37. The summed E-state index contributed by atoms with van der Waals surface area (Å²) in [4.78, 5) is 25.3. The highest BCUT2D eigenvalue weighted by Crippen LogP contribution is 2.32. The standard InChI is InChI=1S/C14H21NO3/c1-9-10(2)14(18)15(13(9)17)7-11-5-3-4-6-12(11)8-16/h11-12,16H,3-8H2,1-2H3. The van der Waals surface area contributed by atoms with E-state index < -0.39 is 0 Å². The molecule has 1 aliphatic carbocycles. The average Bonchev–Trinajstić information content (AvgIpc) is 2.57. The summed E-state index contributed by atoms with van der Waals surface area (Å²) in [7, 11) is 0. The van der Waals surface area contributed by atoms with Crippen molar-refractivity contribution in [2.24, 2.45) is 11.8 Å². The molecular weight excluding hydrogens is 230 g/mol. The molecule has 1 heterocycles. The normalized spacial score (nSPS) is 29.4. The number of hydrogen-bond acceptors (Lipinski definition) is 3. The van der Waals surface area contributed by atoms with Crippen molar-refractivity contribution in [1.29, 1.82) is 0 Å². The van der Waals surface area contributed by atoms with E-state index >= 15 is 0 Å². The van der Waals surface area contributed by atoms with Crippen LogP contribution in [0.4, 0.5) is 0 Å². The smallest absolute Gasteiger partial charge is 0.256 e. The fourth-order valence-electron chi connectivity index (χ4n) is 2.98. The number of aliphatic hydroxyl groups excluding tert-OH is 1. The van der Waals surface area contributed by atoms with Crippen LogP contribution in [0.1, 0.15) is 39.5 Å². The van der Waals surface area contributed by atoms with Crippen LogP contribution in [-0.4, -0.2) is 35.0 Å². The molecule has 1 N–H and O–H groups in total. The summed E-state index contributed by atoms with van der Waals surface area (Å²) in [5.41, 5.74) is 1.13. The predicted molar refractivity (Wildman–Crippen MR) is 67.6 cm³/mol. The average molecular weight is 251 g/mol. The number of carbonyl (C=O) groups excluding carboxylic acids is 2. The number of hydrogen-bond donors (Lipinski definition) is 1. The molecule has 4 heteroatoms. The molecule has 2 atom stereocenters. The van der Waals surface area contributed by atoms with E-state index in [0.717, 1.165) is 25.7 Å². The Kier molecular flexibility index (Phi) is 3.85. The van der Waals surface area contributed by atoms with E-state index in [1.54, 1.807) is 13.8 Å². The maximum Gasteiger partial charge on any atom is 0.256 e. The molecule has 1 aliphatic heterocycles. The molecule has 0 aromatic heterocycles. The monoisotopic (exact) mass is 251 g/mol. The van der Waals surface area contributed by atoms with Crippen molar-refractivity contribution >= 4 is 11.8 Å². The summed E-state index contributed by atoms with van der Waals surface area (Å²) in [5.74, 6) is 0.190. The highest BCUT2D eigenvalue weighted by Gasteiger charge is 2.36. The summed E-state index contributed by atoms with van der Waals surface area (Å²) >= 11 is 0. The molecule has 4 nitrogen and oxygen atoms in total. The van der Waals surface area contributed by atoms with Crippen LogP contribution in [0.5, 0.6) is 0 Å². The van der Waals surface area contributed by atoms with Crippen LogP contribution in [0, 0.1) is 11.8 Å². The molecule has 0 aromatic carbocycles. The molecule has 2 amide bonds. The van der Waals surface area contributed by atoms with Gasteiger partial charge in [0.2, 0.25) is 0 Å². The van der Waals surface area contributed by atoms with Crippen molar-refractivity contribution in [2.45, 2.75) is 39.5 Å². The molecule has 1 fully saturated rings. The molecule has 0 aromatic rings. The lowest BCUT2D eigenvalue weighted by Gasteiger charge is -2.32. The van der Waals surface area contributed by atoms with Crippen molar-refractivity contribution < 1.29 is 14.7 Å². The first-order valence-electron chi connectivity index (χ1n) is 6.70. The van der Waals surface area contributed by atoms with Gasteiger partial charge in [-0.1, -0.05) is 12.8 Å². The SMILES string of the molecule is CC1=C(C)C(=O)N(CC2CCCCC2CO)C1=O. The minimum absolute atomic E-state index is 0.153. The van der Waals surface area contributed by atoms with E-state index in [9.17, 15) is 14.7 Å². The van der Waals surface area contributed by atoms with Crippen LogP contribution in [0.3, 0.4) is 0 Å². The zero-order valence-electron chi connectivity index (χ0n) is 11.1. The Bertz CT molecular complexity index is 376. The fraction of sp³-hybridized carbons (Fsp3) is 0.714. The highest BCUT2D eigenvalue weighted by atomic mass is 16.3. The molecule has 1 saturated carbocycles. The van der Waals surface area contributed by atoms with Gasteiger partial charge in [0.15, 0.2) is 0 Å². The van der Waals surface area contributed by atoms with E-state index in [4.69, 9.17) is 0 Å². The van der Waals surface area contributed by atoms with Crippen molar-refractivity contribution in [3.05, 3.63) is 11.1 Å². The van der Waals surface area contributed by atoms with Crippen molar-refractivity contribution in [3.8, 4) is 0 Å². The molecule has 2 rings (SSSR count). The largest absolute Gasteiger partial charge is 0.396 e. The van der Waals surface area contributed by atoms with Gasteiger partial charge in [-0.2, -0.15) is 0 Å². The second-order valence-electron chi connectivity index (χ2n) is 5.46. The maximum atomic E-state index is 12.0. The van der Waals surface area contributed by atoms with Gasteiger partial charge in [-0.05, 0) is 38.5 Å². The van der Waals surface area contributed by atoms with Gasteiger partial charge in [-0.15, -0.1) is 0 Å². The molecule has 0 bridgehead atoms. The first-order chi connectivity index (χ1) is 8.56. The molecule has 0 spiro atoms. The number of aliphatic hydroxyl groups is 1. The van der Waals surface area contributed by atoms with Crippen LogP contribution in [0.15, 0.2) is 11.1 Å². The predicted octanol–water partition coefficient (Wildman–Crippen LogP) is 1.49. The molecule has 100 valence electrons. The molecule has 18 heavy (non-hydrogen) atoms. The minimum atomic E-state index is -0.153. The van der Waals surface area contributed by atoms with Crippen molar-refractivity contribution in [3.63, 3.8) is 0 Å². The van der Waals surface area contributed by atoms with E-state index in [2.05, 4.69) is 0 Å². The van der Waals surface area contributed by atoms with E-state index in [0.29, 0.717) is 17.7 Å². The molecule has 0 radical (unpaired) electrons. The second kappa shape index (κ2) is 5.22. The van der Waals surface area contributed by atoms with Gasteiger partial charge >= 0.3 is 0 Å². The van der Waals surface area contributed by atoms with Crippen LogP contribution in [0.25, 0.3) is 0 Å². The van der Waals surface area contributed by atoms with E-state index in [-0.39, 0.29) is 30.3 Å². The van der Waals surface area contributed by atoms with Crippen LogP contribution >= 0.6 is 0 Å². The summed E-state index contributed by atoms with van der Waals surface area (Å²) in [6.07, 6.45) is 4.27. The number of imide groups is 1. The lowest BCUT2D eigenvalue weighted by molar-refractivity contribution is -0.139. The first kappa shape index (κ1) is 13.3. The van der Waals surface area contributed by atoms with E-state index in [1.165, 1.54) is 4.90 Å². The fourth-order valence-corrected chi connectivity index (χ4v) is 2.98. The first-order valence-corrected chi connectivity index (χ1v) is 6.70. The topological polar surface area (TPSA) is 57.6 Å². The second-order valence-corrected chi connectivity index (χ2v) is 5.46. The Balaban J connectivity index is 2.06. The van der Waals surface area contributed by atoms with Gasteiger partial charge in [0, 0.05) is 24.3 Å². The zero-order valence-corrected chi connectivity index (χ0v) is 11.1. The Hall–Kier alpha value is -1.16. The van der Waals surface area contributed by atoms with Gasteiger partial charge < -0.3 is 5.11 Å². The number of nitrogens with zero attached hydrogens (tertiary/aromatic N) is 1. The lowest BCUT2D eigenvalue weighted by Crippen LogP contribution is -2.39. The summed E-state index contributed by atoms with van der Waals surface area (Å²) in [6, 6.07) is 0. The van der Waals surface area contributed by atoms with Gasteiger partial charge in [-0.25, -0.2) is 0 Å². The number of carbonyl (C=O) groups is 2. The van der Waals surface area contributed by atoms with Crippen LogP contribution < -0.4 is 0 Å². The van der Waals surface area contributed by atoms with Crippen molar-refractivity contribution in [1.82, 2.24) is 4.90 Å². The lowest BCUT2D eigenvalue weighted by atomic mass is 9.79. The Morgan fingerprint density at radius 2 is 1.56 bits per heavy atom. The molecule has 2 unspecified atom stereocenters. The van der Waals surface area contributed by atoms with Gasteiger partial charge in [-0.3, -0.25) is 14.5 Å². The van der Waals surface area contributed by atoms with E-state index in [1.807, 2.05) is 0 Å². The van der Waals surface area contributed by atoms with Crippen molar-refractivity contribution in [2.75, 3.05) is 13.2 Å². The summed E-state index contributed by atoms with van der Waals surface area (Å²) < 4.78 is 0. The third-order valence-corrected chi connectivity index (χ3v) is 4.41. The van der Waals surface area contributed by atoms with Gasteiger partial charge in [0.05, 0.1) is 0 Å². The number of rotatable bonds is 3. The minimum Gasteiger partial charge on any atom is -0.396 e. The molecular formula is C14H21NO3. The molecule has 2 aliphatic rings. The Labute approximate surface area is 108 Å². The molecule has 0 saturated heterocycles. The zero-order chi connectivity index (χ0) is 13.3. The Morgan fingerprint density at radius 3 is 2.06 bits per heavy atom. The quantitative estimate of drug-likeness (QED) is 0.773.